The molecule has 3 heterocycles. The molecule has 1 amide bonds. The number of aromatic nitrogens is 5. The minimum absolute atomic E-state index is 0.177. The van der Waals surface area contributed by atoms with Gasteiger partial charge in [0.15, 0.2) is 0 Å². The van der Waals surface area contributed by atoms with Gasteiger partial charge < -0.3 is 9.84 Å². The maximum Gasteiger partial charge on any atom is 0.227 e. The number of rotatable bonds is 7. The number of pyridine rings is 1. The lowest BCUT2D eigenvalue weighted by atomic mass is 10.1. The molecule has 33 heavy (non-hydrogen) atoms. The van der Waals surface area contributed by atoms with Crippen molar-refractivity contribution >= 4 is 11.7 Å². The first-order valence-electron chi connectivity index (χ1n) is 10.5. The Kier molecular flexibility index (Phi) is 5.71. The van der Waals surface area contributed by atoms with Gasteiger partial charge in [0.1, 0.15) is 11.5 Å². The summed E-state index contributed by atoms with van der Waals surface area (Å²) in [6.45, 7) is 0. The molecular formula is C25H20N6O2. The zero-order valence-corrected chi connectivity index (χ0v) is 17.6. The van der Waals surface area contributed by atoms with Crippen LogP contribution in [0.3, 0.4) is 0 Å². The number of benzene rings is 2. The number of hydrogen-bond acceptors (Lipinski definition) is 6. The summed E-state index contributed by atoms with van der Waals surface area (Å²) in [4.78, 5) is 21.3. The van der Waals surface area contributed by atoms with E-state index in [1.165, 1.54) is 0 Å². The maximum atomic E-state index is 12.7. The standard InChI is InChI=1S/C25H20N6O2/c32-23(14-15-24-28-25(30-33-24)20-13-7-8-16-26-20)27-22-17-21(18-9-3-1-4-10-18)29-31(22)19-11-5-2-6-12-19/h1-13,16-17H,14-15H2,(H,27,32). The fraction of sp³-hybridized carbons (Fsp3) is 0.0800. The first kappa shape index (κ1) is 20.3. The molecule has 0 aliphatic rings. The number of carbonyl (C=O) groups is 1. The molecule has 0 bridgehead atoms. The Morgan fingerprint density at radius 1 is 0.909 bits per heavy atom. The number of nitrogens with one attached hydrogen (secondary N) is 1. The van der Waals surface area contributed by atoms with Crippen LogP contribution in [0.4, 0.5) is 5.82 Å². The molecule has 0 radical (unpaired) electrons. The third kappa shape index (κ3) is 4.69. The minimum Gasteiger partial charge on any atom is -0.339 e. The highest BCUT2D eigenvalue weighted by molar-refractivity contribution is 5.91. The summed E-state index contributed by atoms with van der Waals surface area (Å²) in [6, 6.07) is 26.9. The van der Waals surface area contributed by atoms with Crippen molar-refractivity contribution in [1.82, 2.24) is 24.9 Å². The molecule has 1 N–H and O–H groups in total. The SMILES string of the molecule is O=C(CCc1nc(-c2ccccn2)no1)Nc1cc(-c2ccccc2)nn1-c1ccccc1. The lowest BCUT2D eigenvalue weighted by molar-refractivity contribution is -0.116. The molecule has 0 atom stereocenters. The van der Waals surface area contributed by atoms with Crippen molar-refractivity contribution in [2.24, 2.45) is 0 Å². The normalized spacial score (nSPS) is 10.8. The van der Waals surface area contributed by atoms with Gasteiger partial charge in [-0.15, -0.1) is 0 Å². The number of aryl methyl sites for hydroxylation is 1. The highest BCUT2D eigenvalue weighted by Crippen LogP contribution is 2.25. The van der Waals surface area contributed by atoms with Crippen LogP contribution in [0, 0.1) is 0 Å². The van der Waals surface area contributed by atoms with E-state index >= 15 is 0 Å². The number of amides is 1. The summed E-state index contributed by atoms with van der Waals surface area (Å²) in [6.07, 6.45) is 2.17. The summed E-state index contributed by atoms with van der Waals surface area (Å²) in [5, 5.41) is 11.6. The molecule has 0 spiro atoms. The average molecular weight is 436 g/mol. The second kappa shape index (κ2) is 9.27. The van der Waals surface area contributed by atoms with Gasteiger partial charge >= 0.3 is 0 Å². The number of anilines is 1. The van der Waals surface area contributed by atoms with Crippen LogP contribution in [-0.2, 0) is 11.2 Å². The molecule has 0 unspecified atom stereocenters. The molecule has 2 aromatic carbocycles. The third-order valence-corrected chi connectivity index (χ3v) is 4.98. The van der Waals surface area contributed by atoms with Crippen molar-refractivity contribution in [2.75, 3.05) is 5.32 Å². The predicted octanol–water partition coefficient (Wildman–Crippen LogP) is 4.56. The van der Waals surface area contributed by atoms with Gasteiger partial charge in [-0.05, 0) is 24.3 Å². The van der Waals surface area contributed by atoms with Crippen LogP contribution in [0.2, 0.25) is 0 Å². The summed E-state index contributed by atoms with van der Waals surface area (Å²) < 4.78 is 7.00. The summed E-state index contributed by atoms with van der Waals surface area (Å²) >= 11 is 0. The van der Waals surface area contributed by atoms with Gasteiger partial charge in [0.05, 0.1) is 11.4 Å². The molecule has 0 saturated carbocycles. The first-order chi connectivity index (χ1) is 16.3. The van der Waals surface area contributed by atoms with E-state index < -0.39 is 0 Å². The van der Waals surface area contributed by atoms with Crippen molar-refractivity contribution in [2.45, 2.75) is 12.8 Å². The molecule has 162 valence electrons. The quantitative estimate of drug-likeness (QED) is 0.402. The van der Waals surface area contributed by atoms with E-state index in [0.29, 0.717) is 29.6 Å². The van der Waals surface area contributed by atoms with E-state index in [0.717, 1.165) is 16.9 Å². The lowest BCUT2D eigenvalue weighted by Gasteiger charge is -2.08. The number of para-hydroxylation sites is 1. The zero-order valence-electron chi connectivity index (χ0n) is 17.6. The van der Waals surface area contributed by atoms with Crippen LogP contribution >= 0.6 is 0 Å². The van der Waals surface area contributed by atoms with Crippen LogP contribution in [0.15, 0.2) is 95.6 Å². The van der Waals surface area contributed by atoms with Gasteiger partial charge in [-0.2, -0.15) is 10.1 Å². The summed E-state index contributed by atoms with van der Waals surface area (Å²) in [5.74, 6) is 1.20. The van der Waals surface area contributed by atoms with E-state index in [4.69, 9.17) is 9.62 Å². The highest BCUT2D eigenvalue weighted by Gasteiger charge is 2.15. The second-order valence-corrected chi connectivity index (χ2v) is 7.30. The Balaban J connectivity index is 1.32. The van der Waals surface area contributed by atoms with Crippen molar-refractivity contribution in [3.63, 3.8) is 0 Å². The average Bonchev–Trinajstić information content (AvgIpc) is 3.52. The highest BCUT2D eigenvalue weighted by atomic mass is 16.5. The Hall–Kier alpha value is -4.59. The van der Waals surface area contributed by atoms with Gasteiger partial charge in [-0.3, -0.25) is 9.78 Å². The van der Waals surface area contributed by atoms with Crippen LogP contribution in [-0.4, -0.2) is 30.8 Å². The molecule has 0 fully saturated rings. The molecule has 8 nitrogen and oxygen atoms in total. The molecule has 5 rings (SSSR count). The Morgan fingerprint density at radius 3 is 2.42 bits per heavy atom. The van der Waals surface area contributed by atoms with Crippen molar-refractivity contribution in [3.8, 4) is 28.5 Å². The van der Waals surface area contributed by atoms with Crippen LogP contribution < -0.4 is 5.32 Å². The van der Waals surface area contributed by atoms with Gasteiger partial charge in [0, 0.05) is 30.7 Å². The Bertz CT molecular complexity index is 1350. The van der Waals surface area contributed by atoms with E-state index in [-0.39, 0.29) is 12.3 Å². The molecular weight excluding hydrogens is 416 g/mol. The molecule has 5 aromatic rings. The number of carbonyl (C=O) groups excluding carboxylic acids is 1. The zero-order chi connectivity index (χ0) is 22.5. The molecule has 0 aliphatic carbocycles. The van der Waals surface area contributed by atoms with Crippen LogP contribution in [0.25, 0.3) is 28.5 Å². The monoisotopic (exact) mass is 436 g/mol. The van der Waals surface area contributed by atoms with Gasteiger partial charge in [0.2, 0.25) is 17.6 Å². The van der Waals surface area contributed by atoms with Crippen LogP contribution in [0.5, 0.6) is 0 Å². The maximum absolute atomic E-state index is 12.7. The van der Waals surface area contributed by atoms with E-state index in [9.17, 15) is 4.79 Å². The van der Waals surface area contributed by atoms with Gasteiger partial charge in [-0.25, -0.2) is 4.68 Å². The topological polar surface area (TPSA) is 98.7 Å². The van der Waals surface area contributed by atoms with E-state index in [1.807, 2.05) is 78.9 Å². The fourth-order valence-electron chi connectivity index (χ4n) is 3.37. The summed E-state index contributed by atoms with van der Waals surface area (Å²) in [5.41, 5.74) is 3.21. The smallest absolute Gasteiger partial charge is 0.227 e. The Labute approximate surface area is 189 Å². The van der Waals surface area contributed by atoms with Crippen molar-refractivity contribution in [1.29, 1.82) is 0 Å². The number of hydrogen-bond donors (Lipinski definition) is 1. The first-order valence-corrected chi connectivity index (χ1v) is 10.5. The lowest BCUT2D eigenvalue weighted by Crippen LogP contribution is -2.15. The Morgan fingerprint density at radius 2 is 1.67 bits per heavy atom. The molecule has 3 aromatic heterocycles. The fourth-order valence-corrected chi connectivity index (χ4v) is 3.37. The van der Waals surface area contributed by atoms with Gasteiger partial charge in [-0.1, -0.05) is 59.8 Å². The minimum atomic E-state index is -0.177. The van der Waals surface area contributed by atoms with Crippen molar-refractivity contribution < 1.29 is 9.32 Å². The second-order valence-electron chi connectivity index (χ2n) is 7.30. The van der Waals surface area contributed by atoms with E-state index in [2.05, 4.69) is 20.4 Å². The van der Waals surface area contributed by atoms with Crippen LogP contribution in [0.1, 0.15) is 12.3 Å². The summed E-state index contributed by atoms with van der Waals surface area (Å²) in [7, 11) is 0. The molecule has 0 aliphatic heterocycles. The molecule has 0 saturated heterocycles. The van der Waals surface area contributed by atoms with E-state index in [1.54, 1.807) is 16.9 Å². The van der Waals surface area contributed by atoms with Gasteiger partial charge in [0.25, 0.3) is 0 Å². The number of nitrogens with zero attached hydrogens (tertiary/aromatic N) is 5. The van der Waals surface area contributed by atoms with Crippen molar-refractivity contribution in [3.05, 3.63) is 97.0 Å². The molecule has 8 heteroatoms. The predicted molar refractivity (Wildman–Crippen MR) is 123 cm³/mol. The largest absolute Gasteiger partial charge is 0.339 e. The third-order valence-electron chi connectivity index (χ3n) is 4.98.